The fourth-order valence-corrected chi connectivity index (χ4v) is 5.08. The number of hydrogen-bond acceptors (Lipinski definition) is 4. The Balaban J connectivity index is 2.03. The van der Waals surface area contributed by atoms with Crippen molar-refractivity contribution >= 4 is 27.3 Å². The van der Waals surface area contributed by atoms with Gasteiger partial charge >= 0.3 is 5.97 Å². The van der Waals surface area contributed by atoms with Crippen LogP contribution in [0.25, 0.3) is 0 Å². The molecule has 1 aliphatic heterocycles. The molecule has 0 radical (unpaired) electrons. The molecule has 0 bridgehead atoms. The number of rotatable bonds is 3. The van der Waals surface area contributed by atoms with Crippen LogP contribution in [0.4, 0.5) is 0 Å². The first-order chi connectivity index (χ1) is 10.00. The second-order valence-corrected chi connectivity index (χ2v) is 7.93. The van der Waals surface area contributed by atoms with E-state index in [1.165, 1.54) is 10.4 Å². The predicted octanol–water partition coefficient (Wildman–Crippen LogP) is 2.12. The molecule has 1 unspecified atom stereocenters. The lowest BCUT2D eigenvalue weighted by Gasteiger charge is -2.31. The molecule has 5 nitrogen and oxygen atoms in total. The van der Waals surface area contributed by atoms with E-state index in [0.717, 1.165) is 16.9 Å². The monoisotopic (exact) mass is 323 g/mol. The summed E-state index contributed by atoms with van der Waals surface area (Å²) in [5.74, 6) is -1.83. The molecule has 110 valence electrons. The molecule has 1 aromatic carbocycles. The van der Waals surface area contributed by atoms with Crippen molar-refractivity contribution in [3.8, 4) is 0 Å². The van der Waals surface area contributed by atoms with Crippen LogP contribution < -0.4 is 0 Å². The zero-order valence-corrected chi connectivity index (χ0v) is 12.6. The number of nitrogens with zero attached hydrogens (tertiary/aromatic N) is 1. The number of benzene rings is 1. The number of fused-ring (bicyclic) bond motifs is 1. The van der Waals surface area contributed by atoms with Gasteiger partial charge in [-0.1, -0.05) is 30.3 Å². The normalized spacial score (nSPS) is 19.1. The number of carboxylic acids is 1. The van der Waals surface area contributed by atoms with Crippen LogP contribution in [0.5, 0.6) is 0 Å². The number of sulfonamides is 1. The van der Waals surface area contributed by atoms with E-state index >= 15 is 0 Å². The molecule has 21 heavy (non-hydrogen) atoms. The third kappa shape index (κ3) is 2.48. The number of aliphatic carboxylic acids is 1. The largest absolute Gasteiger partial charge is 0.481 e. The topological polar surface area (TPSA) is 74.7 Å². The number of thiophene rings is 1. The highest BCUT2D eigenvalue weighted by atomic mass is 32.2. The van der Waals surface area contributed by atoms with Crippen molar-refractivity contribution in [3.05, 3.63) is 52.9 Å². The van der Waals surface area contributed by atoms with Crippen LogP contribution in [-0.4, -0.2) is 30.3 Å². The Bertz CT molecular complexity index is 768. The van der Waals surface area contributed by atoms with Gasteiger partial charge in [-0.25, -0.2) is 8.42 Å². The molecule has 0 fully saturated rings. The van der Waals surface area contributed by atoms with E-state index in [-0.39, 0.29) is 17.3 Å². The Labute approximate surface area is 126 Å². The van der Waals surface area contributed by atoms with Gasteiger partial charge in [0.25, 0.3) is 10.0 Å². The van der Waals surface area contributed by atoms with Gasteiger partial charge < -0.3 is 5.11 Å². The maximum absolute atomic E-state index is 12.6. The molecule has 1 aliphatic rings. The molecule has 0 amide bonds. The summed E-state index contributed by atoms with van der Waals surface area (Å²) in [4.78, 5) is 11.5. The Morgan fingerprint density at radius 1 is 1.24 bits per heavy atom. The molecule has 1 aromatic heterocycles. The Morgan fingerprint density at radius 3 is 2.67 bits per heavy atom. The van der Waals surface area contributed by atoms with Crippen molar-refractivity contribution in [2.24, 2.45) is 0 Å². The molecule has 0 aliphatic carbocycles. The van der Waals surface area contributed by atoms with Crippen molar-refractivity contribution in [2.75, 3.05) is 6.54 Å². The molecule has 0 saturated heterocycles. The first-order valence-corrected chi connectivity index (χ1v) is 8.66. The SMILES string of the molecule is O=C(O)C1CN(S(=O)(=O)c2cccs2)Cc2ccccc21. The molecule has 2 heterocycles. The molecule has 1 N–H and O–H groups in total. The van der Waals surface area contributed by atoms with E-state index in [4.69, 9.17) is 0 Å². The summed E-state index contributed by atoms with van der Waals surface area (Å²) in [5, 5.41) is 11.1. The van der Waals surface area contributed by atoms with Gasteiger partial charge in [0, 0.05) is 13.1 Å². The lowest BCUT2D eigenvalue weighted by Crippen LogP contribution is -2.40. The zero-order valence-electron chi connectivity index (χ0n) is 11.0. The van der Waals surface area contributed by atoms with E-state index in [2.05, 4.69) is 0 Å². The van der Waals surface area contributed by atoms with Gasteiger partial charge in [-0.05, 0) is 22.6 Å². The minimum absolute atomic E-state index is 0.0351. The summed E-state index contributed by atoms with van der Waals surface area (Å²) in [5.41, 5.74) is 1.44. The molecule has 3 rings (SSSR count). The van der Waals surface area contributed by atoms with E-state index in [0.29, 0.717) is 5.56 Å². The van der Waals surface area contributed by atoms with Crippen LogP contribution >= 0.6 is 11.3 Å². The molecular formula is C14H13NO4S2. The number of carbonyl (C=O) groups is 1. The van der Waals surface area contributed by atoms with Gasteiger partial charge in [0.15, 0.2) is 0 Å². The van der Waals surface area contributed by atoms with E-state index in [9.17, 15) is 18.3 Å². The summed E-state index contributed by atoms with van der Waals surface area (Å²) in [6.07, 6.45) is 0. The van der Waals surface area contributed by atoms with Gasteiger partial charge in [-0.3, -0.25) is 4.79 Å². The zero-order chi connectivity index (χ0) is 15.0. The molecular weight excluding hydrogens is 310 g/mol. The van der Waals surface area contributed by atoms with Gasteiger partial charge in [-0.15, -0.1) is 11.3 Å². The molecule has 0 saturated carbocycles. The fraction of sp³-hybridized carbons (Fsp3) is 0.214. The second-order valence-electron chi connectivity index (χ2n) is 4.82. The lowest BCUT2D eigenvalue weighted by atomic mass is 9.91. The van der Waals surface area contributed by atoms with Gasteiger partial charge in [0.05, 0.1) is 5.92 Å². The number of carboxylic acid groups (broad SMARTS) is 1. The summed E-state index contributed by atoms with van der Waals surface area (Å²) in [6.45, 7) is 0.173. The minimum Gasteiger partial charge on any atom is -0.481 e. The number of hydrogen-bond donors (Lipinski definition) is 1. The van der Waals surface area contributed by atoms with Crippen LogP contribution in [0.2, 0.25) is 0 Å². The van der Waals surface area contributed by atoms with Gasteiger partial charge in [0.1, 0.15) is 4.21 Å². The van der Waals surface area contributed by atoms with Crippen molar-refractivity contribution in [1.82, 2.24) is 4.31 Å². The average molecular weight is 323 g/mol. The second kappa shape index (κ2) is 5.25. The van der Waals surface area contributed by atoms with E-state index in [1.54, 1.807) is 35.7 Å². The van der Waals surface area contributed by atoms with Crippen LogP contribution in [0.3, 0.4) is 0 Å². The summed E-state index contributed by atoms with van der Waals surface area (Å²) >= 11 is 1.14. The van der Waals surface area contributed by atoms with E-state index in [1.807, 2.05) is 0 Å². The summed E-state index contributed by atoms with van der Waals surface area (Å²) in [6, 6.07) is 10.3. The summed E-state index contributed by atoms with van der Waals surface area (Å²) < 4.78 is 26.6. The molecule has 7 heteroatoms. The first-order valence-electron chi connectivity index (χ1n) is 6.34. The molecule has 2 aromatic rings. The van der Waals surface area contributed by atoms with Crippen LogP contribution in [0.15, 0.2) is 46.0 Å². The maximum atomic E-state index is 12.6. The van der Waals surface area contributed by atoms with Crippen molar-refractivity contribution < 1.29 is 18.3 Å². The molecule has 0 spiro atoms. The van der Waals surface area contributed by atoms with Gasteiger partial charge in [0.2, 0.25) is 0 Å². The lowest BCUT2D eigenvalue weighted by molar-refractivity contribution is -0.139. The Kier molecular flexibility index (Phi) is 3.56. The standard InChI is InChI=1S/C14H13NO4S2/c16-14(17)12-9-15(8-10-4-1-2-5-11(10)12)21(18,19)13-6-3-7-20-13/h1-7,12H,8-9H2,(H,16,17). The first kappa shape index (κ1) is 14.2. The highest BCUT2D eigenvalue weighted by molar-refractivity contribution is 7.91. The molecule has 1 atom stereocenters. The van der Waals surface area contributed by atoms with E-state index < -0.39 is 21.9 Å². The highest BCUT2D eigenvalue weighted by Gasteiger charge is 2.36. The Morgan fingerprint density at radius 2 is 2.00 bits per heavy atom. The van der Waals surface area contributed by atoms with Crippen molar-refractivity contribution in [1.29, 1.82) is 0 Å². The highest BCUT2D eigenvalue weighted by Crippen LogP contribution is 2.32. The van der Waals surface area contributed by atoms with Crippen molar-refractivity contribution in [2.45, 2.75) is 16.7 Å². The predicted molar refractivity (Wildman–Crippen MR) is 78.7 cm³/mol. The van der Waals surface area contributed by atoms with Crippen molar-refractivity contribution in [3.63, 3.8) is 0 Å². The third-order valence-corrected chi connectivity index (χ3v) is 6.74. The maximum Gasteiger partial charge on any atom is 0.312 e. The minimum atomic E-state index is -3.64. The third-order valence-electron chi connectivity index (χ3n) is 3.55. The average Bonchev–Trinajstić information content (AvgIpc) is 3.00. The fourth-order valence-electron chi connectivity index (χ4n) is 2.51. The quantitative estimate of drug-likeness (QED) is 0.939. The Hall–Kier alpha value is -1.70. The van der Waals surface area contributed by atoms with Crippen LogP contribution in [0.1, 0.15) is 17.0 Å². The summed E-state index contributed by atoms with van der Waals surface area (Å²) in [7, 11) is -3.64. The van der Waals surface area contributed by atoms with Crippen LogP contribution in [0, 0.1) is 0 Å². The van der Waals surface area contributed by atoms with Gasteiger partial charge in [-0.2, -0.15) is 4.31 Å². The smallest absolute Gasteiger partial charge is 0.312 e. The van der Waals surface area contributed by atoms with Crippen LogP contribution in [-0.2, 0) is 21.4 Å².